The van der Waals surface area contributed by atoms with Crippen molar-refractivity contribution in [3.63, 3.8) is 0 Å². The molecule has 3 saturated heterocycles. The predicted molar refractivity (Wildman–Crippen MR) is 349 cm³/mol. The number of pyridine rings is 1. The Hall–Kier alpha value is -8.30. The van der Waals surface area contributed by atoms with E-state index in [0.29, 0.717) is 107 Å². The maximum Gasteiger partial charge on any atom is 0.317 e. The Balaban J connectivity index is 0.920. The Kier molecular flexibility index (Phi) is 31.5. The minimum absolute atomic E-state index is 0.0624. The number of carbonyl (C=O) groups excluding carboxylic acids is 6. The zero-order valence-corrected chi connectivity index (χ0v) is 54.8. The fourth-order valence-corrected chi connectivity index (χ4v) is 11.6. The first-order valence-corrected chi connectivity index (χ1v) is 32.9. The van der Waals surface area contributed by atoms with E-state index in [0.717, 1.165) is 49.4 Å². The van der Waals surface area contributed by atoms with Crippen LogP contribution in [0.4, 0.5) is 8.78 Å². The number of carbonyl (C=O) groups is 9. The van der Waals surface area contributed by atoms with Crippen molar-refractivity contribution in [3.05, 3.63) is 71.4 Å². The van der Waals surface area contributed by atoms with E-state index in [2.05, 4.69) is 48.3 Å². The molecule has 3 aromatic rings. The Morgan fingerprint density at radius 1 is 0.695 bits per heavy atom. The number of aliphatic imine (C=N–C) groups is 1. The van der Waals surface area contributed by atoms with Crippen LogP contribution >= 0.6 is 0 Å². The lowest BCUT2D eigenvalue weighted by molar-refractivity contribution is -0.140. The van der Waals surface area contributed by atoms with Gasteiger partial charge in [-0.05, 0) is 108 Å². The summed E-state index contributed by atoms with van der Waals surface area (Å²) < 4.78 is 33.9. The van der Waals surface area contributed by atoms with E-state index in [1.165, 1.54) is 17.8 Å². The van der Waals surface area contributed by atoms with Gasteiger partial charge in [-0.2, -0.15) is 5.26 Å². The lowest BCUT2D eigenvalue weighted by Gasteiger charge is -2.34. The molecule has 27 nitrogen and oxygen atoms in total. The number of amides is 6. The summed E-state index contributed by atoms with van der Waals surface area (Å²) in [5, 5.41) is 49.8. The van der Waals surface area contributed by atoms with Crippen molar-refractivity contribution in [2.24, 2.45) is 4.99 Å². The number of nitrogens with zero attached hydrogens (tertiary/aromatic N) is 10. The molecule has 7 N–H and O–H groups in total. The number of halogens is 2. The zero-order chi connectivity index (χ0) is 68.7. The average molecular weight is 1330 g/mol. The number of nitrogens with one attached hydrogen (secondary N) is 4. The van der Waals surface area contributed by atoms with E-state index in [-0.39, 0.29) is 108 Å². The number of unbranched alkanes of at least 4 members (excludes halogenated alkanes) is 4. The second-order valence-corrected chi connectivity index (χ2v) is 24.6. The molecule has 0 unspecified atom stereocenters. The number of nitriles is 1. The van der Waals surface area contributed by atoms with E-state index in [9.17, 15) is 72.5 Å². The van der Waals surface area contributed by atoms with Crippen LogP contribution in [-0.4, -0.2) is 276 Å². The molecule has 6 amide bonds. The third-order valence-corrected chi connectivity index (χ3v) is 16.9. The van der Waals surface area contributed by atoms with Crippen LogP contribution in [0.2, 0.25) is 0 Å². The van der Waals surface area contributed by atoms with Gasteiger partial charge in [0.2, 0.25) is 29.5 Å². The van der Waals surface area contributed by atoms with E-state index in [4.69, 9.17) is 4.74 Å². The van der Waals surface area contributed by atoms with Gasteiger partial charge < -0.3 is 51.1 Å². The summed E-state index contributed by atoms with van der Waals surface area (Å²) in [7, 11) is 0. The molecule has 3 fully saturated rings. The highest BCUT2D eigenvalue weighted by molar-refractivity contribution is 6.07. The fourth-order valence-electron chi connectivity index (χ4n) is 11.6. The summed E-state index contributed by atoms with van der Waals surface area (Å²) in [6.45, 7) is 7.46. The molecule has 1 aromatic heterocycles. The monoisotopic (exact) mass is 1330 g/mol. The molecule has 95 heavy (non-hydrogen) atoms. The van der Waals surface area contributed by atoms with Crippen LogP contribution in [0.1, 0.15) is 105 Å². The second kappa shape index (κ2) is 39.5. The molecule has 0 radical (unpaired) electrons. The molecule has 0 spiro atoms. The van der Waals surface area contributed by atoms with Crippen molar-refractivity contribution < 1.29 is 72.0 Å². The number of aromatic nitrogens is 1. The summed E-state index contributed by atoms with van der Waals surface area (Å²) in [6.07, 6.45) is 7.63. The first-order valence-electron chi connectivity index (χ1n) is 32.9. The molecule has 3 aliphatic rings. The average Bonchev–Trinajstić information content (AvgIpc) is 1.72. The maximum atomic E-state index is 13.9. The van der Waals surface area contributed by atoms with Gasteiger partial charge in [0.05, 0.1) is 68.9 Å². The third kappa shape index (κ3) is 27.9. The van der Waals surface area contributed by atoms with Gasteiger partial charge in [0.15, 0.2) is 0 Å². The van der Waals surface area contributed by atoms with Gasteiger partial charge in [0.25, 0.3) is 11.8 Å². The first-order chi connectivity index (χ1) is 45.5. The van der Waals surface area contributed by atoms with Gasteiger partial charge in [0, 0.05) is 122 Å². The Morgan fingerprint density at radius 2 is 1.32 bits per heavy atom. The lowest BCUT2D eigenvalue weighted by atomic mass is 10.1. The smallest absolute Gasteiger partial charge is 0.317 e. The number of benzene rings is 2. The van der Waals surface area contributed by atoms with Crippen LogP contribution in [0.15, 0.2) is 59.7 Å². The molecular formula is C66H94F2N14O13. The molecule has 0 bridgehead atoms. The summed E-state index contributed by atoms with van der Waals surface area (Å²) in [6, 6.07) is 14.4. The number of likely N-dealkylation sites (tertiary alicyclic amines) is 1. The largest absolute Gasteiger partial charge is 0.494 e. The van der Waals surface area contributed by atoms with E-state index in [1.54, 1.807) is 50.8 Å². The van der Waals surface area contributed by atoms with Gasteiger partial charge in [-0.3, -0.25) is 77.6 Å². The molecule has 3 aliphatic heterocycles. The molecule has 0 saturated carbocycles. The zero-order valence-electron chi connectivity index (χ0n) is 54.8. The van der Waals surface area contributed by atoms with Gasteiger partial charge in [0.1, 0.15) is 17.8 Å². The summed E-state index contributed by atoms with van der Waals surface area (Å²) in [4.78, 5) is 136. The van der Waals surface area contributed by atoms with Crippen molar-refractivity contribution in [2.75, 3.05) is 144 Å². The highest BCUT2D eigenvalue weighted by Gasteiger charge is 2.47. The molecule has 520 valence electrons. The second-order valence-electron chi connectivity index (χ2n) is 24.6. The lowest BCUT2D eigenvalue weighted by Crippen LogP contribution is -2.52. The number of amidine groups is 1. The molecular weight excluding hydrogens is 1230 g/mol. The number of hydrogen-bond acceptors (Lipinski definition) is 18. The third-order valence-electron chi connectivity index (χ3n) is 16.9. The van der Waals surface area contributed by atoms with Gasteiger partial charge in [-0.15, -0.1) is 0 Å². The van der Waals surface area contributed by atoms with E-state index in [1.807, 2.05) is 24.0 Å². The topological polar surface area (TPSA) is 343 Å². The maximum absolute atomic E-state index is 13.9. The van der Waals surface area contributed by atoms with Crippen LogP contribution in [0.3, 0.4) is 0 Å². The predicted octanol–water partition coefficient (Wildman–Crippen LogP) is 2.70. The van der Waals surface area contributed by atoms with Crippen LogP contribution in [0.25, 0.3) is 10.9 Å². The van der Waals surface area contributed by atoms with Gasteiger partial charge in [-0.25, -0.2) is 8.78 Å². The summed E-state index contributed by atoms with van der Waals surface area (Å²) in [5.74, 6) is -7.70. The highest BCUT2D eigenvalue weighted by Crippen LogP contribution is 2.32. The number of carboxylic acids is 3. The number of piperazine rings is 1. The van der Waals surface area contributed by atoms with E-state index < -0.39 is 73.1 Å². The van der Waals surface area contributed by atoms with Crippen LogP contribution in [0, 0.1) is 18.3 Å². The van der Waals surface area contributed by atoms with Crippen molar-refractivity contribution in [2.45, 2.75) is 115 Å². The number of hydrogen-bond donors (Lipinski definition) is 7. The number of alkyl halides is 2. The summed E-state index contributed by atoms with van der Waals surface area (Å²) >= 11 is 0. The minimum Gasteiger partial charge on any atom is -0.494 e. The SMILES string of the molecule is CC(=NCCCC[C@H](NC(=O)CN1CCN(CC(=O)O)CCN(CC(=O)O)CCN(CC(=O)O)CC1)C(=O)NCCCCCC(=O)N1CCN(CCCCOc2ccc3nccc(C(=O)NCC(=O)N4CC(F)(F)C[C@@H]4C#N)c3c2)CC1)NC(=O)CCCc1ccc(C)cc1. The van der Waals surface area contributed by atoms with Crippen molar-refractivity contribution >= 4 is 70.1 Å². The molecule has 29 heteroatoms. The standard InChI is InChI=1S/C66H94F2N14O13/c1-48-15-17-50(18-16-48)11-10-13-57(83)74-49(2)70-22-7-5-12-56(75-58(84)43-77-26-28-78(44-61(87)88)30-32-80(46-63(91)92)33-31-79(29-27-77)45-62(89)90)65(94)72-23-6-3-4-14-59(85)81-36-34-76(35-37-81)25-8-9-38-95-52-19-20-55-54(39-52)53(21-24-71-55)64(93)73-42-60(86)82-47-66(67,68)40-51(82)41-69/h15-21,24,39,51,56H,3-14,22-23,25-38,40,42-47H2,1-2H3,(H,72,94)(H,73,93)(H,75,84)(H,87,88)(H,89,90)(H,91,92)(H,70,74,83)/t51-,56+/m1/s1. The Bertz CT molecular complexity index is 3100. The minimum atomic E-state index is -3.18. The van der Waals surface area contributed by atoms with Crippen LogP contribution < -0.4 is 26.0 Å². The quantitative estimate of drug-likeness (QED) is 0.0257. The number of fused-ring (bicyclic) bond motifs is 1. The number of rotatable bonds is 34. The van der Waals surface area contributed by atoms with Crippen molar-refractivity contribution in [1.29, 1.82) is 5.26 Å². The van der Waals surface area contributed by atoms with Crippen molar-refractivity contribution in [3.8, 4) is 11.8 Å². The first kappa shape index (κ1) is 75.7. The van der Waals surface area contributed by atoms with Gasteiger partial charge in [-0.1, -0.05) is 36.2 Å². The van der Waals surface area contributed by atoms with Gasteiger partial charge >= 0.3 is 17.9 Å². The van der Waals surface area contributed by atoms with Crippen molar-refractivity contribution in [1.82, 2.24) is 60.6 Å². The molecule has 2 aromatic carbocycles. The fraction of sp³-hybridized carbons (Fsp3) is 0.606. The van der Waals surface area contributed by atoms with Crippen LogP contribution in [-0.2, 0) is 44.8 Å². The molecule has 2 atom stereocenters. The molecule has 0 aliphatic carbocycles. The van der Waals surface area contributed by atoms with E-state index >= 15 is 0 Å². The Labute approximate surface area is 553 Å². The summed E-state index contributed by atoms with van der Waals surface area (Å²) in [5.41, 5.74) is 3.06. The molecule has 4 heterocycles. The van der Waals surface area contributed by atoms with Crippen LogP contribution in [0.5, 0.6) is 5.75 Å². The number of carboxylic acid groups (broad SMARTS) is 3. The number of aliphatic carboxylic acids is 3. The number of aryl methyl sites for hydroxylation is 2. The molecule has 6 rings (SSSR count). The highest BCUT2D eigenvalue weighted by atomic mass is 19.3. The normalized spacial score (nSPS) is 17.6. The Morgan fingerprint density at radius 3 is 1.94 bits per heavy atom. The number of ether oxygens (including phenoxy) is 1.